The van der Waals surface area contributed by atoms with Gasteiger partial charge in [0.05, 0.1) is 0 Å². The van der Waals surface area contributed by atoms with E-state index in [2.05, 4.69) is 101 Å². The zero-order chi connectivity index (χ0) is 25.2. The van der Waals surface area contributed by atoms with Crippen molar-refractivity contribution in [1.29, 1.82) is 0 Å². The van der Waals surface area contributed by atoms with Gasteiger partial charge in [-0.25, -0.2) is 0 Å². The first kappa shape index (κ1) is 26.7. The van der Waals surface area contributed by atoms with Crippen molar-refractivity contribution >= 4 is 30.6 Å². The van der Waals surface area contributed by atoms with Crippen molar-refractivity contribution in [1.82, 2.24) is 9.34 Å². The zero-order valence-corrected chi connectivity index (χ0v) is 29.1. The van der Waals surface area contributed by atoms with Crippen LogP contribution in [-0.4, -0.2) is 50.2 Å². The van der Waals surface area contributed by atoms with Crippen LogP contribution in [0.1, 0.15) is 111 Å². The first-order valence-corrected chi connectivity index (χ1v) is 17.0. The predicted octanol–water partition coefficient (Wildman–Crippen LogP) is 6.92. The van der Waals surface area contributed by atoms with Gasteiger partial charge in [-0.1, -0.05) is 0 Å². The minimum absolute atomic E-state index is 0.215. The Morgan fingerprint density at radius 2 is 1.32 bits per heavy atom. The second-order valence-electron chi connectivity index (χ2n) is 13.6. The Morgan fingerprint density at radius 1 is 0.853 bits per heavy atom. The summed E-state index contributed by atoms with van der Waals surface area (Å²) in [5, 5.41) is 1.89. The van der Waals surface area contributed by atoms with Crippen LogP contribution < -0.4 is 3.86 Å². The number of fused-ring (bicyclic) bond motifs is 2. The quantitative estimate of drug-likeness (QED) is 0.294. The normalized spacial score (nSPS) is 25.1. The molecule has 0 unspecified atom stereocenters. The number of hydrogen-bond acceptors (Lipinski definition) is 3. The van der Waals surface area contributed by atoms with Crippen molar-refractivity contribution in [2.24, 2.45) is 11.8 Å². The Hall–Kier alpha value is -0.347. The van der Waals surface area contributed by atoms with Crippen LogP contribution in [0.4, 0.5) is 5.69 Å². The molecule has 2 bridgehead atoms. The molecule has 191 valence electrons. The molecule has 0 radical (unpaired) electrons. The third-order valence-electron chi connectivity index (χ3n) is 8.46. The fourth-order valence-corrected chi connectivity index (χ4v) is 13.7. The van der Waals surface area contributed by atoms with Crippen LogP contribution in [-0.2, 0) is 0 Å². The first-order chi connectivity index (χ1) is 15.7. The molecule has 1 aliphatic heterocycles. The molecule has 3 aliphatic rings. The van der Waals surface area contributed by atoms with Gasteiger partial charge in [-0.3, -0.25) is 0 Å². The van der Waals surface area contributed by atoms with E-state index in [4.69, 9.17) is 0 Å². The molecule has 34 heavy (non-hydrogen) atoms. The number of hydrogen-bond donors (Lipinski definition) is 0. The SMILES string of the molecule is CC(C)c1cccc(C(C)C)c1[N]([GeH3-])C1=C([PH+]2N(C(C)(C)C)CCN2C(C)(C)C)[C@H]2CC[C@@H]1C2. The summed E-state index contributed by atoms with van der Waals surface area (Å²) in [6, 6.07) is 7.12. The minimum atomic E-state index is -0.942. The average molecular weight is 545 g/mol. The van der Waals surface area contributed by atoms with Gasteiger partial charge in [-0.15, -0.1) is 0 Å². The second-order valence-corrected chi connectivity index (χ2v) is 17.8. The Bertz CT molecular complexity index is 891. The maximum absolute atomic E-state index is 2.93. The van der Waals surface area contributed by atoms with E-state index in [-0.39, 0.29) is 11.1 Å². The van der Waals surface area contributed by atoms with Crippen LogP contribution in [0.3, 0.4) is 0 Å². The van der Waals surface area contributed by atoms with Crippen molar-refractivity contribution in [3.63, 3.8) is 0 Å². The molecule has 2 fully saturated rings. The van der Waals surface area contributed by atoms with E-state index in [0.29, 0.717) is 28.6 Å². The van der Waals surface area contributed by atoms with Gasteiger partial charge in [0.25, 0.3) is 0 Å². The summed E-state index contributed by atoms with van der Waals surface area (Å²) in [6.07, 6.45) is 4.22. The van der Waals surface area contributed by atoms with Crippen LogP contribution >= 0.6 is 8.22 Å². The van der Waals surface area contributed by atoms with Gasteiger partial charge in [-0.05, 0) is 0 Å². The van der Waals surface area contributed by atoms with Gasteiger partial charge in [0, 0.05) is 0 Å². The van der Waals surface area contributed by atoms with Crippen LogP contribution in [0.5, 0.6) is 0 Å². The summed E-state index contributed by atoms with van der Waals surface area (Å²) < 4.78 is 8.74. The third-order valence-corrected chi connectivity index (χ3v) is 14.4. The van der Waals surface area contributed by atoms with Gasteiger partial charge in [0.1, 0.15) is 0 Å². The summed E-state index contributed by atoms with van der Waals surface area (Å²) in [5.74, 6) is 2.69. The molecule has 1 aromatic carbocycles. The fourth-order valence-electron chi connectivity index (χ4n) is 6.85. The molecule has 1 saturated heterocycles. The van der Waals surface area contributed by atoms with Gasteiger partial charge in [0.15, 0.2) is 0 Å². The van der Waals surface area contributed by atoms with Gasteiger partial charge in [0.2, 0.25) is 0 Å². The molecular formula is C29H51GeN3P. The monoisotopic (exact) mass is 546 g/mol. The van der Waals surface area contributed by atoms with Gasteiger partial charge >= 0.3 is 221 Å². The Morgan fingerprint density at radius 3 is 1.76 bits per heavy atom. The summed E-state index contributed by atoms with van der Waals surface area (Å²) in [4.78, 5) is 0. The standard InChI is InChI=1S/C29H50GeN3P/c1-19(2)23-12-11-13-24(20(3)4)26(23)33(30)25-21-14-15-22(18-21)27(25)34-31(28(5,6)7)16-17-32(34)29(8,9)10/h11-13,19-22H,14-18H2,1-10,30H3/q-1/p+1/t21-,22+/m1/s1. The summed E-state index contributed by atoms with van der Waals surface area (Å²) in [6.45, 7) is 26.6. The van der Waals surface area contributed by atoms with Crippen LogP contribution in [0.2, 0.25) is 0 Å². The fraction of sp³-hybridized carbons (Fsp3) is 0.724. The number of allylic oxidation sites excluding steroid dienone is 2. The predicted molar refractivity (Wildman–Crippen MR) is 156 cm³/mol. The van der Waals surface area contributed by atoms with E-state index in [9.17, 15) is 0 Å². The molecule has 4 rings (SSSR count). The van der Waals surface area contributed by atoms with E-state index < -0.39 is 8.22 Å². The van der Waals surface area contributed by atoms with Crippen molar-refractivity contribution in [2.45, 2.75) is 111 Å². The molecule has 2 atom stereocenters. The van der Waals surface area contributed by atoms with Crippen LogP contribution in [0.15, 0.2) is 29.2 Å². The van der Waals surface area contributed by atoms with Gasteiger partial charge < -0.3 is 0 Å². The second kappa shape index (κ2) is 9.51. The average Bonchev–Trinajstić information content (AvgIpc) is 3.45. The molecule has 2 aliphatic carbocycles. The van der Waals surface area contributed by atoms with Crippen molar-refractivity contribution in [2.75, 3.05) is 16.9 Å². The van der Waals surface area contributed by atoms with Crippen LogP contribution in [0.25, 0.3) is 0 Å². The van der Waals surface area contributed by atoms with E-state index in [1.54, 1.807) is 22.5 Å². The van der Waals surface area contributed by atoms with Crippen molar-refractivity contribution in [3.05, 3.63) is 40.3 Å². The first-order valence-electron chi connectivity index (χ1n) is 13.8. The van der Waals surface area contributed by atoms with E-state index in [0.717, 1.165) is 11.8 Å². The zero-order valence-electron chi connectivity index (χ0n) is 23.9. The molecule has 1 aromatic rings. The Labute approximate surface area is 220 Å². The van der Waals surface area contributed by atoms with E-state index in [1.165, 1.54) is 32.4 Å². The third kappa shape index (κ3) is 4.69. The molecule has 0 aromatic heterocycles. The summed E-state index contributed by atoms with van der Waals surface area (Å²) in [7, 11) is -0.942. The Balaban J connectivity index is 1.92. The molecule has 3 nitrogen and oxygen atoms in total. The maximum atomic E-state index is 2.93. The molecule has 0 amide bonds. The molecule has 1 heterocycles. The number of benzene rings is 1. The molecule has 0 spiro atoms. The number of nitrogens with zero attached hydrogens (tertiary/aromatic N) is 3. The Kier molecular flexibility index (Phi) is 7.47. The van der Waals surface area contributed by atoms with Gasteiger partial charge in [-0.2, -0.15) is 0 Å². The van der Waals surface area contributed by atoms with Crippen molar-refractivity contribution in [3.8, 4) is 0 Å². The molecule has 5 heteroatoms. The molecule has 0 N–H and O–H groups in total. The summed E-state index contributed by atoms with van der Waals surface area (Å²) >= 11 is 0.576. The van der Waals surface area contributed by atoms with E-state index in [1.807, 2.05) is 5.31 Å². The van der Waals surface area contributed by atoms with Crippen LogP contribution in [0, 0.1) is 11.8 Å². The molecule has 1 saturated carbocycles. The molecular weight excluding hydrogens is 494 g/mol. The summed E-state index contributed by atoms with van der Waals surface area (Å²) in [5.41, 5.74) is 6.90. The topological polar surface area (TPSA) is 9.72 Å². The van der Waals surface area contributed by atoms with Crippen molar-refractivity contribution < 1.29 is 0 Å². The van der Waals surface area contributed by atoms with E-state index >= 15 is 0 Å². The number of anilines is 1. The number of rotatable bonds is 5. The number of para-hydroxylation sites is 1.